The van der Waals surface area contributed by atoms with Gasteiger partial charge >= 0.3 is 0 Å². The first-order chi connectivity index (χ1) is 11.9. The fourth-order valence-electron chi connectivity index (χ4n) is 3.03. The van der Waals surface area contributed by atoms with Crippen LogP contribution >= 0.6 is 11.8 Å². The summed E-state index contributed by atoms with van der Waals surface area (Å²) in [5.41, 5.74) is -0.733. The number of carbonyl (C=O) groups excluding carboxylic acids is 1. The maximum atomic E-state index is 11.3. The first kappa shape index (κ1) is 18.0. The van der Waals surface area contributed by atoms with Gasteiger partial charge < -0.3 is 19.7 Å². The van der Waals surface area contributed by atoms with Crippen molar-refractivity contribution < 1.29 is 24.5 Å². The highest BCUT2D eigenvalue weighted by atomic mass is 32.2. The lowest BCUT2D eigenvalue weighted by Crippen LogP contribution is -2.47. The molecule has 1 aliphatic heterocycles. The van der Waals surface area contributed by atoms with E-state index >= 15 is 0 Å². The van der Waals surface area contributed by atoms with Crippen molar-refractivity contribution in [3.8, 4) is 23.7 Å². The van der Waals surface area contributed by atoms with Crippen LogP contribution in [-0.4, -0.2) is 51.8 Å². The highest BCUT2D eigenvalue weighted by Crippen LogP contribution is 2.44. The SMILES string of the molecule is CC(=O)SC/C=C1/C2=CC3(C[C@]1(O)C#C/C=C/C#C[C@@H]2O)OCCO3. The molecule has 5 nitrogen and oxygen atoms in total. The molecule has 2 N–H and O–H groups in total. The van der Waals surface area contributed by atoms with Crippen LogP contribution in [0.15, 0.2) is 35.5 Å². The van der Waals surface area contributed by atoms with E-state index in [9.17, 15) is 15.0 Å². The van der Waals surface area contributed by atoms with Crippen molar-refractivity contribution in [2.75, 3.05) is 19.0 Å². The molecule has 2 atom stereocenters. The van der Waals surface area contributed by atoms with Crippen molar-refractivity contribution in [3.63, 3.8) is 0 Å². The summed E-state index contributed by atoms with van der Waals surface area (Å²) in [6.07, 6.45) is 5.38. The second kappa shape index (κ2) is 7.21. The molecular weight excluding hydrogens is 340 g/mol. The average Bonchev–Trinajstić information content (AvgIpc) is 2.99. The smallest absolute Gasteiger partial charge is 0.192 e. The minimum atomic E-state index is -1.57. The highest BCUT2D eigenvalue weighted by Gasteiger charge is 2.50. The fraction of sp³-hybridized carbons (Fsp3) is 0.421. The molecule has 3 rings (SSSR count). The summed E-state index contributed by atoms with van der Waals surface area (Å²) in [6, 6.07) is 0. The van der Waals surface area contributed by atoms with Crippen LogP contribution in [0.2, 0.25) is 0 Å². The van der Waals surface area contributed by atoms with Gasteiger partial charge in [-0.15, -0.1) is 0 Å². The zero-order valence-corrected chi connectivity index (χ0v) is 14.6. The van der Waals surface area contributed by atoms with Gasteiger partial charge in [0.25, 0.3) is 0 Å². The van der Waals surface area contributed by atoms with Gasteiger partial charge in [-0.1, -0.05) is 41.5 Å². The fourth-order valence-corrected chi connectivity index (χ4v) is 3.51. The molecular formula is C19H18O5S. The van der Waals surface area contributed by atoms with Gasteiger partial charge in [0, 0.05) is 18.2 Å². The third-order valence-corrected chi connectivity index (χ3v) is 4.77. The summed E-state index contributed by atoms with van der Waals surface area (Å²) in [7, 11) is 0. The molecule has 0 aromatic carbocycles. The molecule has 3 aliphatic rings. The Morgan fingerprint density at radius 2 is 2.12 bits per heavy atom. The number of allylic oxidation sites excluding steroid dienone is 2. The first-order valence-electron chi connectivity index (χ1n) is 7.88. The van der Waals surface area contributed by atoms with Crippen molar-refractivity contribution in [3.05, 3.63) is 35.5 Å². The van der Waals surface area contributed by atoms with Crippen molar-refractivity contribution >= 4 is 16.9 Å². The molecule has 0 amide bonds. The molecule has 1 spiro atoms. The molecule has 0 saturated carbocycles. The van der Waals surface area contributed by atoms with Crippen molar-refractivity contribution in [2.45, 2.75) is 30.8 Å². The third kappa shape index (κ3) is 3.90. The Morgan fingerprint density at radius 3 is 2.84 bits per heavy atom. The van der Waals surface area contributed by atoms with E-state index in [2.05, 4.69) is 23.7 Å². The number of aliphatic hydroxyl groups excluding tert-OH is 1. The monoisotopic (exact) mass is 358 g/mol. The van der Waals surface area contributed by atoms with Crippen LogP contribution < -0.4 is 0 Å². The molecule has 0 unspecified atom stereocenters. The average molecular weight is 358 g/mol. The summed E-state index contributed by atoms with van der Waals surface area (Å²) in [5, 5.41) is 21.7. The molecule has 0 aromatic rings. The van der Waals surface area contributed by atoms with Gasteiger partial charge in [0.2, 0.25) is 0 Å². The van der Waals surface area contributed by atoms with E-state index in [1.807, 2.05) is 0 Å². The van der Waals surface area contributed by atoms with E-state index in [0.717, 1.165) is 11.8 Å². The number of hydrogen-bond donors (Lipinski definition) is 2. The van der Waals surface area contributed by atoms with Gasteiger partial charge in [0.05, 0.1) is 19.6 Å². The summed E-state index contributed by atoms with van der Waals surface area (Å²) >= 11 is 1.11. The van der Waals surface area contributed by atoms with Crippen molar-refractivity contribution in [2.24, 2.45) is 0 Å². The predicted molar refractivity (Wildman–Crippen MR) is 94.2 cm³/mol. The highest BCUT2D eigenvalue weighted by molar-refractivity contribution is 8.13. The lowest BCUT2D eigenvalue weighted by atomic mass is 9.75. The second-order valence-electron chi connectivity index (χ2n) is 5.86. The van der Waals surface area contributed by atoms with Gasteiger partial charge in [-0.25, -0.2) is 0 Å². The van der Waals surface area contributed by atoms with E-state index in [-0.39, 0.29) is 11.5 Å². The van der Waals surface area contributed by atoms with Crippen LogP contribution in [0.25, 0.3) is 0 Å². The largest absolute Gasteiger partial charge is 0.376 e. The minimum Gasteiger partial charge on any atom is -0.376 e. The van der Waals surface area contributed by atoms with E-state index in [1.165, 1.54) is 19.1 Å². The molecule has 130 valence electrons. The number of carbonyl (C=O) groups is 1. The maximum Gasteiger partial charge on any atom is 0.192 e. The Balaban J connectivity index is 2.12. The Kier molecular flexibility index (Phi) is 5.19. The van der Waals surface area contributed by atoms with E-state index < -0.39 is 17.5 Å². The number of aliphatic hydroxyl groups is 2. The molecule has 1 heterocycles. The zero-order valence-electron chi connectivity index (χ0n) is 13.7. The van der Waals surface area contributed by atoms with Gasteiger partial charge in [-0.05, 0) is 23.8 Å². The van der Waals surface area contributed by atoms with E-state index in [4.69, 9.17) is 9.47 Å². The minimum absolute atomic E-state index is 0.0314. The Bertz CT molecular complexity index is 780. The first-order valence-corrected chi connectivity index (χ1v) is 8.87. The Labute approximate surface area is 150 Å². The lowest BCUT2D eigenvalue weighted by molar-refractivity contribution is -0.149. The molecule has 1 fully saturated rings. The van der Waals surface area contributed by atoms with Crippen LogP contribution in [0, 0.1) is 23.7 Å². The van der Waals surface area contributed by atoms with Crippen LogP contribution in [-0.2, 0) is 14.3 Å². The van der Waals surface area contributed by atoms with Gasteiger partial charge in [0.1, 0.15) is 6.10 Å². The Morgan fingerprint density at radius 1 is 1.40 bits per heavy atom. The quantitative estimate of drug-likeness (QED) is 0.716. The standard InChI is InChI=1S/C19H18O5S/c1-14(20)25-11-7-16-15-12-19(23-9-10-24-19)13-18(16,22)8-5-3-2-4-6-17(15)21/h2-3,7,12,17,21-22H,9-11,13H2,1H3/b3-2+,16-7-/t17-,18+/m0/s1. The summed E-state index contributed by atoms with van der Waals surface area (Å²) in [6.45, 7) is 2.27. The zero-order chi connectivity index (χ0) is 17.9. The lowest BCUT2D eigenvalue weighted by Gasteiger charge is -2.40. The van der Waals surface area contributed by atoms with Crippen LogP contribution in [0.1, 0.15) is 13.3 Å². The van der Waals surface area contributed by atoms with Gasteiger partial charge in [-0.3, -0.25) is 4.79 Å². The predicted octanol–water partition coefficient (Wildman–Crippen LogP) is 0.934. The summed E-state index contributed by atoms with van der Waals surface area (Å²) < 4.78 is 11.4. The van der Waals surface area contributed by atoms with E-state index in [1.54, 1.807) is 12.2 Å². The number of thioether (sulfide) groups is 1. The number of fused-ring (bicyclic) bond motifs is 2. The van der Waals surface area contributed by atoms with E-state index in [0.29, 0.717) is 30.1 Å². The molecule has 6 heteroatoms. The number of rotatable bonds is 2. The molecule has 25 heavy (non-hydrogen) atoms. The van der Waals surface area contributed by atoms with Crippen LogP contribution in [0.4, 0.5) is 0 Å². The topological polar surface area (TPSA) is 76.0 Å². The van der Waals surface area contributed by atoms with Crippen LogP contribution in [0.3, 0.4) is 0 Å². The maximum absolute atomic E-state index is 11.3. The van der Waals surface area contributed by atoms with Gasteiger partial charge in [0.15, 0.2) is 16.5 Å². The second-order valence-corrected chi connectivity index (χ2v) is 7.06. The summed E-state index contributed by atoms with van der Waals surface area (Å²) in [5.74, 6) is 10.3. The van der Waals surface area contributed by atoms with Crippen LogP contribution in [0.5, 0.6) is 0 Å². The third-order valence-electron chi connectivity index (χ3n) is 4.03. The molecule has 0 aromatic heterocycles. The number of ether oxygens (including phenoxy) is 2. The molecule has 0 radical (unpaired) electrons. The normalized spacial score (nSPS) is 32.2. The van der Waals surface area contributed by atoms with Gasteiger partial charge in [-0.2, -0.15) is 0 Å². The Hall–Kier alpha value is -1.80. The number of hydrogen-bond acceptors (Lipinski definition) is 6. The summed E-state index contributed by atoms with van der Waals surface area (Å²) in [4.78, 5) is 11.2. The van der Waals surface area contributed by atoms with Crippen molar-refractivity contribution in [1.29, 1.82) is 0 Å². The van der Waals surface area contributed by atoms with Crippen molar-refractivity contribution in [1.82, 2.24) is 0 Å². The molecule has 1 saturated heterocycles. The molecule has 2 bridgehead atoms. The molecule has 2 aliphatic carbocycles.